The molecule has 1 saturated heterocycles. The van der Waals surface area contributed by atoms with Crippen LogP contribution in [0.3, 0.4) is 0 Å². The molecule has 3 N–H and O–H groups in total. The van der Waals surface area contributed by atoms with Gasteiger partial charge < -0.3 is 20.1 Å². The van der Waals surface area contributed by atoms with Crippen LogP contribution in [0, 0.1) is 28.5 Å². The number of aliphatic hydroxyl groups excluding tert-OH is 1. The molecule has 3 rings (SSSR count). The van der Waals surface area contributed by atoms with Crippen molar-refractivity contribution in [2.24, 2.45) is 0 Å². The highest BCUT2D eigenvalue weighted by molar-refractivity contribution is 7.82. The number of alkyl halides is 3. The van der Waals surface area contributed by atoms with E-state index in [1.807, 2.05) is 0 Å². The third-order valence-electron chi connectivity index (χ3n) is 4.83. The minimum absolute atomic E-state index is 0.0438. The smallest absolute Gasteiger partial charge is 0.416 e. The van der Waals surface area contributed by atoms with Crippen molar-refractivity contribution in [3.63, 3.8) is 0 Å². The van der Waals surface area contributed by atoms with E-state index in [-0.39, 0.29) is 47.0 Å². The summed E-state index contributed by atoms with van der Waals surface area (Å²) in [4.78, 5) is -0.0438. The summed E-state index contributed by atoms with van der Waals surface area (Å²) in [6, 6.07) is 7.66. The summed E-state index contributed by atoms with van der Waals surface area (Å²) >= 11 is 0. The van der Waals surface area contributed by atoms with Gasteiger partial charge in [0.1, 0.15) is 34.5 Å². The fourth-order valence-electron chi connectivity index (χ4n) is 2.97. The summed E-state index contributed by atoms with van der Waals surface area (Å²) in [6.07, 6.45) is -4.39. The Kier molecular flexibility index (Phi) is 8.58. The number of aliphatic hydroxyl groups is 2. The molecule has 2 unspecified atom stereocenters. The number of ether oxygens (including phenoxy) is 1. The number of halogens is 4. The van der Waals surface area contributed by atoms with Crippen molar-refractivity contribution in [2.75, 3.05) is 26.8 Å². The van der Waals surface area contributed by atoms with Crippen molar-refractivity contribution in [1.82, 2.24) is 4.31 Å². The molecule has 182 valence electrons. The van der Waals surface area contributed by atoms with E-state index in [1.54, 1.807) is 12.1 Å². The number of phenols is 1. The van der Waals surface area contributed by atoms with Gasteiger partial charge in [-0.25, -0.2) is 12.9 Å². The van der Waals surface area contributed by atoms with E-state index in [0.29, 0.717) is 6.07 Å². The average Bonchev–Trinajstić information content (AvgIpc) is 3.21. The molecule has 0 spiro atoms. The summed E-state index contributed by atoms with van der Waals surface area (Å²) in [5.74, 6) is -0.974. The second-order valence-corrected chi connectivity index (χ2v) is 8.64. The molecule has 2 atom stereocenters. The first-order valence-electron chi connectivity index (χ1n) is 9.47. The van der Waals surface area contributed by atoms with Crippen molar-refractivity contribution < 1.29 is 41.8 Å². The summed E-state index contributed by atoms with van der Waals surface area (Å²) in [7, 11) is -0.554. The molecule has 0 bridgehead atoms. The second kappa shape index (κ2) is 10.8. The van der Waals surface area contributed by atoms with Gasteiger partial charge in [-0.3, -0.25) is 0 Å². The van der Waals surface area contributed by atoms with Gasteiger partial charge in [0, 0.05) is 25.2 Å². The van der Waals surface area contributed by atoms with E-state index in [1.165, 1.54) is 11.4 Å². The number of phenolic OH excluding ortho intramolecular Hbond substituents is 1. The molecule has 0 aliphatic carbocycles. The number of nitrogens with zero attached hydrogens (tertiary/aromatic N) is 3. The van der Waals surface area contributed by atoms with Crippen molar-refractivity contribution in [1.29, 1.82) is 10.5 Å². The second-order valence-electron chi connectivity index (χ2n) is 7.18. The van der Waals surface area contributed by atoms with Crippen LogP contribution in [0.4, 0.5) is 17.6 Å². The van der Waals surface area contributed by atoms with Crippen LogP contribution in [0.1, 0.15) is 23.1 Å². The van der Waals surface area contributed by atoms with Gasteiger partial charge in [-0.05, 0) is 24.6 Å². The highest BCUT2D eigenvalue weighted by atomic mass is 32.2. The largest absolute Gasteiger partial charge is 0.504 e. The number of aromatic hydroxyl groups is 1. The number of β-amino-alcohol motifs (C(OH)–C–C–N with tert-alkyl or cyclic N) is 1. The minimum atomic E-state index is -4.59. The van der Waals surface area contributed by atoms with Crippen molar-refractivity contribution >= 4 is 11.0 Å². The maximum absolute atomic E-state index is 12.7. The lowest BCUT2D eigenvalue weighted by Gasteiger charge is -2.20. The normalized spacial score (nSPS) is 18.9. The first-order chi connectivity index (χ1) is 15.9. The average molecular weight is 501 g/mol. The van der Waals surface area contributed by atoms with Gasteiger partial charge in [-0.2, -0.15) is 23.7 Å². The lowest BCUT2D eigenvalue weighted by Crippen LogP contribution is -2.37. The number of rotatable bonds is 4. The number of hydrogen-bond donors (Lipinski definition) is 3. The molecule has 0 radical (unpaired) electrons. The molecule has 2 aromatic rings. The number of nitriles is 2. The van der Waals surface area contributed by atoms with Gasteiger partial charge in [0.15, 0.2) is 11.5 Å². The Morgan fingerprint density at radius 3 is 2.35 bits per heavy atom. The van der Waals surface area contributed by atoms with Crippen LogP contribution in [0.15, 0.2) is 35.2 Å². The molecule has 1 aliphatic heterocycles. The van der Waals surface area contributed by atoms with E-state index >= 15 is 0 Å². The Morgan fingerprint density at radius 2 is 1.85 bits per heavy atom. The molecule has 8 nitrogen and oxygen atoms in total. The lowest BCUT2D eigenvalue weighted by molar-refractivity contribution is -0.137. The number of hydrogen-bond acceptors (Lipinski definition) is 7. The van der Waals surface area contributed by atoms with Crippen LogP contribution < -0.4 is 4.74 Å². The lowest BCUT2D eigenvalue weighted by atomic mass is 10.1. The molecule has 0 amide bonds. The summed E-state index contributed by atoms with van der Waals surface area (Å²) < 4.78 is 69.0. The minimum Gasteiger partial charge on any atom is -0.504 e. The Morgan fingerprint density at radius 1 is 1.21 bits per heavy atom. The zero-order valence-corrected chi connectivity index (χ0v) is 18.5. The Balaban J connectivity index is 0.000000287. The quantitative estimate of drug-likeness (QED) is 0.547. The van der Waals surface area contributed by atoms with Crippen molar-refractivity contribution in [3.05, 3.63) is 52.8 Å². The van der Waals surface area contributed by atoms with E-state index in [0.717, 1.165) is 24.3 Å². The topological polar surface area (TPSA) is 138 Å². The Hall–Kier alpha value is -3.23. The molecule has 13 heteroatoms. The van der Waals surface area contributed by atoms with Gasteiger partial charge in [-0.1, -0.05) is 0 Å². The van der Waals surface area contributed by atoms with Crippen LogP contribution in [0.25, 0.3) is 0 Å². The van der Waals surface area contributed by atoms with Crippen LogP contribution in [0.2, 0.25) is 0 Å². The Bertz CT molecular complexity index is 1160. The highest BCUT2D eigenvalue weighted by Gasteiger charge is 2.39. The SMILES string of the molecule is COc1cc(C#N)c(F)cc1O.N#Cc1cc(C(F)(F)F)ccc1S(=O)N1CCC(O)(CO)C1. The zero-order chi connectivity index (χ0) is 25.7. The summed E-state index contributed by atoms with van der Waals surface area (Å²) in [5, 5.41) is 45.4. The Labute approximate surface area is 194 Å². The van der Waals surface area contributed by atoms with E-state index in [9.17, 15) is 26.9 Å². The molecule has 1 heterocycles. The zero-order valence-electron chi connectivity index (χ0n) is 17.6. The van der Waals surface area contributed by atoms with Crippen LogP contribution in [-0.4, -0.2) is 56.2 Å². The molecule has 2 aromatic carbocycles. The molecular weight excluding hydrogens is 482 g/mol. The predicted molar refractivity (Wildman–Crippen MR) is 110 cm³/mol. The van der Waals surface area contributed by atoms with E-state index in [4.69, 9.17) is 20.7 Å². The van der Waals surface area contributed by atoms with Gasteiger partial charge in [-0.15, -0.1) is 0 Å². The summed E-state index contributed by atoms with van der Waals surface area (Å²) in [5.41, 5.74) is -2.84. The third kappa shape index (κ3) is 6.21. The fraction of sp³-hybridized carbons (Fsp3) is 0.333. The monoisotopic (exact) mass is 501 g/mol. The van der Waals surface area contributed by atoms with Crippen molar-refractivity contribution in [2.45, 2.75) is 23.1 Å². The molecule has 1 aliphatic rings. The molecule has 1 fully saturated rings. The van der Waals surface area contributed by atoms with E-state index in [2.05, 4.69) is 4.74 Å². The fourth-order valence-corrected chi connectivity index (χ4v) is 4.34. The highest BCUT2D eigenvalue weighted by Crippen LogP contribution is 2.32. The van der Waals surface area contributed by atoms with Gasteiger partial charge >= 0.3 is 6.18 Å². The predicted octanol–water partition coefficient (Wildman–Crippen LogP) is 2.44. The van der Waals surface area contributed by atoms with Crippen molar-refractivity contribution in [3.8, 4) is 23.6 Å². The van der Waals surface area contributed by atoms with Gasteiger partial charge in [0.25, 0.3) is 0 Å². The van der Waals surface area contributed by atoms with Crippen LogP contribution in [0.5, 0.6) is 11.5 Å². The summed E-state index contributed by atoms with van der Waals surface area (Å²) in [6.45, 7) is -0.379. The standard InChI is InChI=1S/C13H13F3N2O3S.C8H6FNO2/c14-13(15,16)10-1-2-11(9(5-10)6-17)22(21)18-4-3-12(20,7-18)8-19;1-12-8-2-5(4-10)6(9)3-7(8)11/h1-2,5,19-20H,3-4,7-8H2;2-3,11H,1H3. The van der Waals surface area contributed by atoms with E-state index < -0.39 is 40.8 Å². The van der Waals surface area contributed by atoms with Crippen LogP contribution in [-0.2, 0) is 17.2 Å². The number of benzene rings is 2. The molecule has 0 saturated carbocycles. The van der Waals surface area contributed by atoms with Gasteiger partial charge in [0.2, 0.25) is 0 Å². The van der Waals surface area contributed by atoms with Gasteiger partial charge in [0.05, 0.1) is 35.3 Å². The molecular formula is C21H19F4N3O5S. The maximum Gasteiger partial charge on any atom is 0.416 e. The first kappa shape index (κ1) is 27.0. The first-order valence-corrected chi connectivity index (χ1v) is 10.6. The molecule has 0 aromatic heterocycles. The maximum atomic E-state index is 12.7. The van der Waals surface area contributed by atoms with Crippen LogP contribution >= 0.6 is 0 Å². The number of methoxy groups -OCH3 is 1. The third-order valence-corrected chi connectivity index (χ3v) is 6.34. The molecule has 34 heavy (non-hydrogen) atoms.